The number of piperidine rings is 1. The van der Waals surface area contributed by atoms with Crippen LogP contribution in [-0.2, 0) is 47.6 Å². The maximum Gasteiger partial charge on any atom is 0.305 e. The van der Waals surface area contributed by atoms with Gasteiger partial charge in [0.15, 0.2) is 6.61 Å². The van der Waals surface area contributed by atoms with E-state index in [1.54, 1.807) is 0 Å². The van der Waals surface area contributed by atoms with Crippen LogP contribution in [0, 0.1) is 0 Å². The fraction of sp³-hybridized carbons (Fsp3) is 0.600. The van der Waals surface area contributed by atoms with E-state index in [-0.39, 0.29) is 55.9 Å². The molecule has 1 atom stereocenters. The second-order valence-electron chi connectivity index (χ2n) is 10.1. The lowest BCUT2D eigenvalue weighted by Gasteiger charge is -2.27. The van der Waals surface area contributed by atoms with Crippen molar-refractivity contribution in [3.05, 3.63) is 29.3 Å². The van der Waals surface area contributed by atoms with Gasteiger partial charge in [-0.05, 0) is 18.6 Å². The van der Waals surface area contributed by atoms with Crippen LogP contribution >= 0.6 is 0 Å². The molecule has 1 saturated heterocycles. The SMILES string of the molecule is O=C(O)CCOCCOCCOCCOCCOCCOCCNC(=O)COc1cccc2c1C(=O)N(C1CCC(=O)NC1=O)C2=O. The molecular weight excluding hydrogens is 626 g/mol. The molecule has 2 aliphatic rings. The van der Waals surface area contributed by atoms with Crippen molar-refractivity contribution in [2.75, 3.05) is 92.4 Å². The molecule has 0 saturated carbocycles. The minimum Gasteiger partial charge on any atom is -0.483 e. The summed E-state index contributed by atoms with van der Waals surface area (Å²) in [6.45, 7) is 3.95. The van der Waals surface area contributed by atoms with Crippen molar-refractivity contribution >= 4 is 35.5 Å². The number of fused-ring (bicyclic) bond motifs is 1. The van der Waals surface area contributed by atoms with E-state index in [1.807, 2.05) is 0 Å². The van der Waals surface area contributed by atoms with E-state index in [0.717, 1.165) is 4.90 Å². The van der Waals surface area contributed by atoms with Gasteiger partial charge in [-0.3, -0.25) is 39.0 Å². The van der Waals surface area contributed by atoms with Crippen molar-refractivity contribution in [2.45, 2.75) is 25.3 Å². The van der Waals surface area contributed by atoms with E-state index in [1.165, 1.54) is 18.2 Å². The smallest absolute Gasteiger partial charge is 0.305 e. The van der Waals surface area contributed by atoms with Gasteiger partial charge in [0.1, 0.15) is 11.8 Å². The first-order chi connectivity index (χ1) is 22.8. The maximum atomic E-state index is 13.1. The Balaban J connectivity index is 1.15. The van der Waals surface area contributed by atoms with E-state index in [9.17, 15) is 28.8 Å². The maximum absolute atomic E-state index is 13.1. The quantitative estimate of drug-likeness (QED) is 0.0857. The molecule has 17 nitrogen and oxygen atoms in total. The average molecular weight is 668 g/mol. The van der Waals surface area contributed by atoms with E-state index in [4.69, 9.17) is 38.3 Å². The molecule has 1 aromatic carbocycles. The summed E-state index contributed by atoms with van der Waals surface area (Å²) in [4.78, 5) is 73.1. The van der Waals surface area contributed by atoms with Gasteiger partial charge in [0.2, 0.25) is 11.8 Å². The van der Waals surface area contributed by atoms with Gasteiger partial charge in [0.25, 0.3) is 17.7 Å². The summed E-state index contributed by atoms with van der Waals surface area (Å²) in [5.41, 5.74) is 0.0254. The zero-order valence-electron chi connectivity index (χ0n) is 26.0. The van der Waals surface area contributed by atoms with Crippen LogP contribution in [0.15, 0.2) is 18.2 Å². The number of hydrogen-bond acceptors (Lipinski definition) is 13. The van der Waals surface area contributed by atoms with Crippen LogP contribution in [0.25, 0.3) is 0 Å². The molecule has 3 N–H and O–H groups in total. The molecular formula is C30H41N3O14. The number of nitrogens with one attached hydrogen (secondary N) is 2. The van der Waals surface area contributed by atoms with Gasteiger partial charge in [-0.2, -0.15) is 0 Å². The van der Waals surface area contributed by atoms with Crippen molar-refractivity contribution in [1.82, 2.24) is 15.5 Å². The van der Waals surface area contributed by atoms with Crippen molar-refractivity contribution in [1.29, 1.82) is 0 Å². The van der Waals surface area contributed by atoms with Crippen LogP contribution in [0.1, 0.15) is 40.0 Å². The first kappa shape index (κ1) is 37.5. The molecule has 0 aliphatic carbocycles. The standard InChI is InChI=1S/C30H41N3O14/c34-24-5-4-22(28(38)32-24)33-29(39)21-2-1-3-23(27(21)30(33)40)47-20-25(35)31-7-9-42-11-13-44-15-17-46-19-18-45-16-14-43-12-10-41-8-6-26(36)37/h1-3,22H,4-20H2,(H,31,35)(H,36,37)(H,32,34,38). The number of benzene rings is 1. The Hall–Kier alpha value is -4.00. The van der Waals surface area contributed by atoms with Crippen molar-refractivity contribution < 1.29 is 67.0 Å². The van der Waals surface area contributed by atoms with Crippen molar-refractivity contribution in [3.8, 4) is 5.75 Å². The molecule has 2 heterocycles. The third-order valence-corrected chi connectivity index (χ3v) is 6.68. The summed E-state index contributed by atoms with van der Waals surface area (Å²) in [5, 5.41) is 13.3. The summed E-state index contributed by atoms with van der Waals surface area (Å²) in [7, 11) is 0. The molecule has 260 valence electrons. The predicted octanol–water partition coefficient (Wildman–Crippen LogP) is -0.843. The molecule has 0 bridgehead atoms. The molecule has 1 unspecified atom stereocenters. The highest BCUT2D eigenvalue weighted by Crippen LogP contribution is 2.33. The lowest BCUT2D eigenvalue weighted by molar-refractivity contribution is -0.138. The largest absolute Gasteiger partial charge is 0.483 e. The number of carboxylic acids is 1. The summed E-state index contributed by atoms with van der Waals surface area (Å²) in [6.07, 6.45) is 0.0114. The van der Waals surface area contributed by atoms with Gasteiger partial charge in [0.05, 0.1) is 96.8 Å². The van der Waals surface area contributed by atoms with Crippen LogP contribution in [0.5, 0.6) is 5.75 Å². The molecule has 1 fully saturated rings. The van der Waals surface area contributed by atoms with E-state index in [0.29, 0.717) is 66.1 Å². The van der Waals surface area contributed by atoms with Gasteiger partial charge >= 0.3 is 5.97 Å². The zero-order valence-corrected chi connectivity index (χ0v) is 26.0. The highest BCUT2D eigenvalue weighted by Gasteiger charge is 2.46. The van der Waals surface area contributed by atoms with Crippen LogP contribution in [0.4, 0.5) is 0 Å². The van der Waals surface area contributed by atoms with Crippen LogP contribution in [0.2, 0.25) is 0 Å². The summed E-state index contributed by atoms with van der Waals surface area (Å²) in [5.74, 6) is -3.89. The fourth-order valence-electron chi connectivity index (χ4n) is 4.42. The number of imide groups is 2. The van der Waals surface area contributed by atoms with Crippen LogP contribution in [-0.4, -0.2) is 144 Å². The Morgan fingerprint density at radius 3 is 1.89 bits per heavy atom. The Labute approximate surface area is 271 Å². The van der Waals surface area contributed by atoms with E-state index < -0.39 is 48.2 Å². The lowest BCUT2D eigenvalue weighted by Crippen LogP contribution is -2.54. The monoisotopic (exact) mass is 667 g/mol. The van der Waals surface area contributed by atoms with E-state index in [2.05, 4.69) is 10.6 Å². The van der Waals surface area contributed by atoms with Crippen molar-refractivity contribution in [2.24, 2.45) is 0 Å². The van der Waals surface area contributed by atoms with Gasteiger partial charge in [-0.15, -0.1) is 0 Å². The molecule has 0 spiro atoms. The van der Waals surface area contributed by atoms with E-state index >= 15 is 0 Å². The Bertz CT molecular complexity index is 1230. The second kappa shape index (κ2) is 21.0. The second-order valence-corrected chi connectivity index (χ2v) is 10.1. The normalized spacial score (nSPS) is 15.9. The molecule has 17 heteroatoms. The number of carbonyl (C=O) groups is 6. The highest BCUT2D eigenvalue weighted by atomic mass is 16.6. The van der Waals surface area contributed by atoms with Gasteiger partial charge in [-0.1, -0.05) is 6.07 Å². The molecule has 3 rings (SSSR count). The zero-order chi connectivity index (χ0) is 33.9. The number of aliphatic carboxylic acids is 1. The molecule has 2 aliphatic heterocycles. The number of ether oxygens (including phenoxy) is 7. The first-order valence-corrected chi connectivity index (χ1v) is 15.2. The highest BCUT2D eigenvalue weighted by molar-refractivity contribution is 6.24. The summed E-state index contributed by atoms with van der Waals surface area (Å²) in [6, 6.07) is 3.31. The Morgan fingerprint density at radius 1 is 0.787 bits per heavy atom. The number of carboxylic acid groups (broad SMARTS) is 1. The van der Waals surface area contributed by atoms with Gasteiger partial charge in [0, 0.05) is 13.0 Å². The minimum absolute atomic E-state index is 0.00836. The Kier molecular flexibility index (Phi) is 16.7. The fourth-order valence-corrected chi connectivity index (χ4v) is 4.42. The number of hydrogen-bond donors (Lipinski definition) is 3. The number of amides is 5. The number of rotatable bonds is 25. The first-order valence-electron chi connectivity index (χ1n) is 15.2. The third-order valence-electron chi connectivity index (χ3n) is 6.68. The molecule has 0 aromatic heterocycles. The Morgan fingerprint density at radius 2 is 1.34 bits per heavy atom. The van der Waals surface area contributed by atoms with Crippen molar-refractivity contribution in [3.63, 3.8) is 0 Å². The van der Waals surface area contributed by atoms with Crippen LogP contribution < -0.4 is 15.4 Å². The predicted molar refractivity (Wildman–Crippen MR) is 159 cm³/mol. The van der Waals surface area contributed by atoms with Crippen LogP contribution in [0.3, 0.4) is 0 Å². The number of nitrogens with zero attached hydrogens (tertiary/aromatic N) is 1. The number of carbonyl (C=O) groups excluding carboxylic acids is 5. The molecule has 1 aromatic rings. The molecule has 47 heavy (non-hydrogen) atoms. The summed E-state index contributed by atoms with van der Waals surface area (Å²) < 4.78 is 37.5. The molecule has 5 amide bonds. The lowest BCUT2D eigenvalue weighted by atomic mass is 10.0. The van der Waals surface area contributed by atoms with Gasteiger partial charge in [-0.25, -0.2) is 0 Å². The minimum atomic E-state index is -1.10. The van der Waals surface area contributed by atoms with Gasteiger partial charge < -0.3 is 43.6 Å². The summed E-state index contributed by atoms with van der Waals surface area (Å²) >= 11 is 0. The molecule has 0 radical (unpaired) electrons. The third kappa shape index (κ3) is 13.0. The average Bonchev–Trinajstić information content (AvgIpc) is 3.30. The topological polar surface area (TPSA) is 215 Å².